The van der Waals surface area contributed by atoms with Crippen LogP contribution >= 0.6 is 28.3 Å². The van der Waals surface area contributed by atoms with E-state index in [2.05, 4.69) is 26.6 Å². The van der Waals surface area contributed by atoms with E-state index in [1.54, 1.807) is 0 Å². The van der Waals surface area contributed by atoms with E-state index in [9.17, 15) is 4.79 Å². The molecule has 0 aliphatic carbocycles. The Balaban J connectivity index is 0.00000288. The number of hydrogen-bond donors (Lipinski definition) is 2. The summed E-state index contributed by atoms with van der Waals surface area (Å²) in [5, 5.41) is 5.92. The van der Waals surface area contributed by atoms with E-state index >= 15 is 0 Å². The van der Waals surface area contributed by atoms with Crippen LogP contribution in [0, 0.1) is 0 Å². The first kappa shape index (κ1) is 20.5. The molecule has 2 rings (SSSR count). The first-order valence-electron chi connectivity index (χ1n) is 7.60. The van der Waals surface area contributed by atoms with Gasteiger partial charge in [-0.1, -0.05) is 30.3 Å². The number of nitrogens with one attached hydrogen (secondary N) is 2. The lowest BCUT2D eigenvalue weighted by Gasteiger charge is -2.11. The Morgan fingerprint density at radius 3 is 2.58 bits per heavy atom. The molecular weight excluding hydrogens is 392 g/mol. The number of amides is 1. The quantitative estimate of drug-likeness (QED) is 0.631. The van der Waals surface area contributed by atoms with Gasteiger partial charge in [-0.25, -0.2) is 0 Å². The van der Waals surface area contributed by atoms with Crippen LogP contribution in [0.15, 0.2) is 53.0 Å². The minimum atomic E-state index is 0. The maximum Gasteiger partial charge on any atom is 0.224 e. The molecule has 2 aromatic carbocycles. The van der Waals surface area contributed by atoms with Crippen LogP contribution in [0.4, 0.5) is 5.69 Å². The Morgan fingerprint density at radius 2 is 1.92 bits per heavy atom. The van der Waals surface area contributed by atoms with E-state index in [-0.39, 0.29) is 18.3 Å². The highest BCUT2D eigenvalue weighted by Crippen LogP contribution is 2.29. The van der Waals surface area contributed by atoms with Crippen molar-refractivity contribution in [1.29, 1.82) is 0 Å². The zero-order valence-corrected chi connectivity index (χ0v) is 16.0. The van der Waals surface area contributed by atoms with Gasteiger partial charge in [0.15, 0.2) is 0 Å². The molecule has 0 bridgehead atoms. The van der Waals surface area contributed by atoms with Crippen molar-refractivity contribution in [2.75, 3.05) is 18.9 Å². The molecule has 0 unspecified atom stereocenters. The van der Waals surface area contributed by atoms with E-state index in [0.717, 1.165) is 34.4 Å². The summed E-state index contributed by atoms with van der Waals surface area (Å²) in [6.07, 6.45) is 1.33. The molecule has 4 nitrogen and oxygen atoms in total. The molecule has 2 N–H and O–H groups in total. The van der Waals surface area contributed by atoms with Crippen molar-refractivity contribution < 1.29 is 9.53 Å². The first-order valence-corrected chi connectivity index (χ1v) is 8.39. The average molecular weight is 414 g/mol. The summed E-state index contributed by atoms with van der Waals surface area (Å²) in [5.41, 5.74) is 1.87. The smallest absolute Gasteiger partial charge is 0.224 e. The number of carbonyl (C=O) groups excluding carboxylic acids is 1. The van der Waals surface area contributed by atoms with Gasteiger partial charge < -0.3 is 15.4 Å². The van der Waals surface area contributed by atoms with Gasteiger partial charge in [0.25, 0.3) is 0 Å². The van der Waals surface area contributed by atoms with Gasteiger partial charge in [0.1, 0.15) is 12.4 Å². The maximum absolute atomic E-state index is 11.8. The molecule has 0 radical (unpaired) electrons. The zero-order valence-electron chi connectivity index (χ0n) is 13.5. The number of hydrogen-bond acceptors (Lipinski definition) is 3. The fraction of sp³-hybridized carbons (Fsp3) is 0.278. The molecule has 0 fully saturated rings. The van der Waals surface area contributed by atoms with E-state index in [1.807, 2.05) is 55.6 Å². The molecule has 0 atom stereocenters. The second-order valence-corrected chi connectivity index (χ2v) is 6.03. The van der Waals surface area contributed by atoms with Crippen molar-refractivity contribution in [1.82, 2.24) is 5.32 Å². The van der Waals surface area contributed by atoms with Crippen LogP contribution in [0.2, 0.25) is 0 Å². The number of halogens is 2. The van der Waals surface area contributed by atoms with Crippen molar-refractivity contribution in [3.63, 3.8) is 0 Å². The molecule has 130 valence electrons. The molecule has 0 aromatic heterocycles. The van der Waals surface area contributed by atoms with Gasteiger partial charge in [-0.3, -0.25) is 4.79 Å². The molecule has 24 heavy (non-hydrogen) atoms. The molecule has 2 aromatic rings. The summed E-state index contributed by atoms with van der Waals surface area (Å²) < 4.78 is 6.62. The third kappa shape index (κ3) is 6.91. The molecule has 6 heteroatoms. The van der Waals surface area contributed by atoms with Crippen molar-refractivity contribution in [2.45, 2.75) is 19.4 Å². The highest BCUT2D eigenvalue weighted by Gasteiger charge is 2.06. The Labute approximate surface area is 157 Å². The number of carbonyl (C=O) groups is 1. The SMILES string of the molecule is CNCCCC(=O)Nc1ccc(OCc2ccccc2)c(Br)c1.Cl. The van der Waals surface area contributed by atoms with Gasteiger partial charge in [-0.2, -0.15) is 0 Å². The monoisotopic (exact) mass is 412 g/mol. The number of benzene rings is 2. The predicted molar refractivity (Wildman–Crippen MR) is 104 cm³/mol. The summed E-state index contributed by atoms with van der Waals surface area (Å²) in [5.74, 6) is 0.770. The maximum atomic E-state index is 11.8. The fourth-order valence-electron chi connectivity index (χ4n) is 2.08. The summed E-state index contributed by atoms with van der Waals surface area (Å²) in [6.45, 7) is 1.35. The topological polar surface area (TPSA) is 50.4 Å². The summed E-state index contributed by atoms with van der Waals surface area (Å²) >= 11 is 3.49. The molecule has 0 saturated heterocycles. The Kier molecular flexibility index (Phi) is 9.45. The lowest BCUT2D eigenvalue weighted by atomic mass is 10.2. The van der Waals surface area contributed by atoms with Crippen LogP contribution in [0.3, 0.4) is 0 Å². The molecule has 0 aliphatic rings. The minimum absolute atomic E-state index is 0. The predicted octanol–water partition coefficient (Wildman–Crippen LogP) is 4.39. The summed E-state index contributed by atoms with van der Waals surface area (Å²) in [7, 11) is 1.88. The standard InChI is InChI=1S/C18H21BrN2O2.ClH/c1-20-11-5-8-18(22)21-15-9-10-17(16(19)12-15)23-13-14-6-3-2-4-7-14;/h2-4,6-7,9-10,12,20H,5,8,11,13H2,1H3,(H,21,22);1H. The molecule has 1 amide bonds. The largest absolute Gasteiger partial charge is 0.488 e. The van der Waals surface area contributed by atoms with Crippen LogP contribution in [0.25, 0.3) is 0 Å². The zero-order chi connectivity index (χ0) is 16.5. The van der Waals surface area contributed by atoms with Crippen LogP contribution in [0.1, 0.15) is 18.4 Å². The second kappa shape index (κ2) is 11.1. The normalized spacial score (nSPS) is 9.92. The molecule has 0 heterocycles. The minimum Gasteiger partial charge on any atom is -0.488 e. The Morgan fingerprint density at radius 1 is 1.17 bits per heavy atom. The lowest BCUT2D eigenvalue weighted by molar-refractivity contribution is -0.116. The molecule has 0 spiro atoms. The van der Waals surface area contributed by atoms with Gasteiger partial charge in [0.2, 0.25) is 5.91 Å². The average Bonchev–Trinajstić information content (AvgIpc) is 2.55. The summed E-state index contributed by atoms with van der Waals surface area (Å²) in [6, 6.07) is 15.6. The van der Waals surface area contributed by atoms with Crippen molar-refractivity contribution in [3.8, 4) is 5.75 Å². The fourth-order valence-corrected chi connectivity index (χ4v) is 2.57. The van der Waals surface area contributed by atoms with Crippen LogP contribution in [0.5, 0.6) is 5.75 Å². The van der Waals surface area contributed by atoms with E-state index in [0.29, 0.717) is 13.0 Å². The van der Waals surface area contributed by atoms with Crippen LogP contribution in [-0.4, -0.2) is 19.5 Å². The second-order valence-electron chi connectivity index (χ2n) is 5.17. The lowest BCUT2D eigenvalue weighted by Crippen LogP contribution is -2.15. The Hall–Kier alpha value is -1.56. The Bertz CT molecular complexity index is 638. The van der Waals surface area contributed by atoms with Gasteiger partial charge in [0.05, 0.1) is 4.47 Å². The van der Waals surface area contributed by atoms with Gasteiger partial charge in [-0.15, -0.1) is 12.4 Å². The van der Waals surface area contributed by atoms with Crippen LogP contribution < -0.4 is 15.4 Å². The van der Waals surface area contributed by atoms with Crippen molar-refractivity contribution in [2.24, 2.45) is 0 Å². The van der Waals surface area contributed by atoms with Crippen LogP contribution in [-0.2, 0) is 11.4 Å². The van der Waals surface area contributed by atoms with Crippen molar-refractivity contribution >= 4 is 39.9 Å². The van der Waals surface area contributed by atoms with E-state index in [1.165, 1.54) is 0 Å². The molecule has 0 aliphatic heterocycles. The number of anilines is 1. The van der Waals surface area contributed by atoms with Gasteiger partial charge in [0, 0.05) is 12.1 Å². The summed E-state index contributed by atoms with van der Waals surface area (Å²) in [4.78, 5) is 11.8. The first-order chi connectivity index (χ1) is 11.2. The number of rotatable bonds is 8. The van der Waals surface area contributed by atoms with Crippen molar-refractivity contribution in [3.05, 3.63) is 58.6 Å². The third-order valence-electron chi connectivity index (χ3n) is 3.28. The van der Waals surface area contributed by atoms with Gasteiger partial charge >= 0.3 is 0 Å². The van der Waals surface area contributed by atoms with Gasteiger partial charge in [-0.05, 0) is 59.7 Å². The number of ether oxygens (including phenoxy) is 1. The molecular formula is C18H22BrClN2O2. The molecule has 0 saturated carbocycles. The van der Waals surface area contributed by atoms with E-state index in [4.69, 9.17) is 4.74 Å². The highest BCUT2D eigenvalue weighted by molar-refractivity contribution is 9.10. The third-order valence-corrected chi connectivity index (χ3v) is 3.90. The highest BCUT2D eigenvalue weighted by atomic mass is 79.9. The van der Waals surface area contributed by atoms with E-state index < -0.39 is 0 Å².